The van der Waals surface area contributed by atoms with Crippen molar-refractivity contribution < 1.29 is 4.42 Å². The Morgan fingerprint density at radius 2 is 1.63 bits per heavy atom. The molecule has 0 radical (unpaired) electrons. The maximum absolute atomic E-state index is 5.65. The molecule has 2 aromatic carbocycles. The molecular formula is C15H12N2OS. The van der Waals surface area contributed by atoms with Crippen molar-refractivity contribution in [3.05, 3.63) is 60.2 Å². The van der Waals surface area contributed by atoms with Gasteiger partial charge in [-0.3, -0.25) is 0 Å². The molecule has 3 rings (SSSR count). The second kappa shape index (κ2) is 5.28. The first-order valence-electron chi connectivity index (χ1n) is 5.95. The zero-order valence-electron chi connectivity index (χ0n) is 10.4. The van der Waals surface area contributed by atoms with Crippen LogP contribution in [0.4, 0.5) is 0 Å². The first-order chi connectivity index (χ1) is 9.31. The summed E-state index contributed by atoms with van der Waals surface area (Å²) < 4.78 is 5.65. The zero-order chi connectivity index (χ0) is 13.1. The highest BCUT2D eigenvalue weighted by Crippen LogP contribution is 2.28. The van der Waals surface area contributed by atoms with Crippen LogP contribution in [0.1, 0.15) is 5.56 Å². The molecule has 0 unspecified atom stereocenters. The van der Waals surface area contributed by atoms with E-state index in [1.165, 1.54) is 17.3 Å². The SMILES string of the molecule is Cc1ccc(-c2nnc(Sc3ccccc3)o2)cc1. The Morgan fingerprint density at radius 3 is 2.37 bits per heavy atom. The largest absolute Gasteiger partial charge is 0.411 e. The minimum Gasteiger partial charge on any atom is -0.411 e. The van der Waals surface area contributed by atoms with Crippen molar-refractivity contribution in [3.63, 3.8) is 0 Å². The third-order valence-electron chi connectivity index (χ3n) is 2.65. The summed E-state index contributed by atoms with van der Waals surface area (Å²) in [4.78, 5) is 1.08. The molecule has 1 heterocycles. The van der Waals surface area contributed by atoms with E-state index in [4.69, 9.17) is 4.42 Å². The van der Waals surface area contributed by atoms with Crippen molar-refractivity contribution in [3.8, 4) is 11.5 Å². The number of nitrogens with zero attached hydrogens (tertiary/aromatic N) is 2. The molecule has 0 aliphatic carbocycles. The summed E-state index contributed by atoms with van der Waals surface area (Å²) in [7, 11) is 0. The Kier molecular flexibility index (Phi) is 3.33. The van der Waals surface area contributed by atoms with Gasteiger partial charge in [0.1, 0.15) is 0 Å². The minimum atomic E-state index is 0.554. The average Bonchev–Trinajstić information content (AvgIpc) is 2.89. The van der Waals surface area contributed by atoms with Crippen LogP contribution in [-0.4, -0.2) is 10.2 Å². The summed E-state index contributed by atoms with van der Waals surface area (Å²) in [6, 6.07) is 18.0. The number of aryl methyl sites for hydroxylation is 1. The lowest BCUT2D eigenvalue weighted by Gasteiger charge is -1.96. The molecule has 0 aliphatic rings. The summed E-state index contributed by atoms with van der Waals surface area (Å²) in [5.41, 5.74) is 2.15. The third-order valence-corrected chi connectivity index (χ3v) is 3.50. The number of hydrogen-bond donors (Lipinski definition) is 0. The van der Waals surface area contributed by atoms with Crippen molar-refractivity contribution in [1.82, 2.24) is 10.2 Å². The lowest BCUT2D eigenvalue weighted by atomic mass is 10.1. The van der Waals surface area contributed by atoms with Crippen LogP contribution in [0.25, 0.3) is 11.5 Å². The van der Waals surface area contributed by atoms with Gasteiger partial charge in [-0.05, 0) is 43.0 Å². The van der Waals surface area contributed by atoms with Gasteiger partial charge in [-0.15, -0.1) is 10.2 Å². The highest BCUT2D eigenvalue weighted by atomic mass is 32.2. The van der Waals surface area contributed by atoms with Gasteiger partial charge in [0.15, 0.2) is 0 Å². The van der Waals surface area contributed by atoms with Crippen LogP contribution in [0.15, 0.2) is 69.1 Å². The smallest absolute Gasteiger partial charge is 0.281 e. The number of aromatic nitrogens is 2. The van der Waals surface area contributed by atoms with E-state index >= 15 is 0 Å². The molecule has 0 atom stereocenters. The normalized spacial score (nSPS) is 10.6. The van der Waals surface area contributed by atoms with Gasteiger partial charge in [0.25, 0.3) is 5.22 Å². The van der Waals surface area contributed by atoms with Gasteiger partial charge in [0, 0.05) is 10.5 Å². The van der Waals surface area contributed by atoms with E-state index < -0.39 is 0 Å². The highest BCUT2D eigenvalue weighted by molar-refractivity contribution is 7.99. The first-order valence-corrected chi connectivity index (χ1v) is 6.76. The fourth-order valence-electron chi connectivity index (χ4n) is 1.65. The van der Waals surface area contributed by atoms with E-state index in [9.17, 15) is 0 Å². The van der Waals surface area contributed by atoms with E-state index in [1.54, 1.807) is 0 Å². The van der Waals surface area contributed by atoms with Gasteiger partial charge in [0.05, 0.1) is 0 Å². The second-order valence-corrected chi connectivity index (χ2v) is 5.18. The third kappa shape index (κ3) is 2.85. The molecule has 3 aromatic rings. The molecule has 0 fully saturated rings. The molecule has 3 nitrogen and oxygen atoms in total. The van der Waals surface area contributed by atoms with E-state index in [0.717, 1.165) is 10.5 Å². The fourth-order valence-corrected chi connectivity index (χ4v) is 2.35. The molecule has 19 heavy (non-hydrogen) atoms. The molecule has 0 N–H and O–H groups in total. The van der Waals surface area contributed by atoms with Gasteiger partial charge in [-0.1, -0.05) is 35.9 Å². The standard InChI is InChI=1S/C15H12N2OS/c1-11-7-9-12(10-8-11)14-16-17-15(18-14)19-13-5-3-2-4-6-13/h2-10H,1H3. The predicted molar refractivity (Wildman–Crippen MR) is 75.0 cm³/mol. The molecule has 0 bridgehead atoms. The predicted octanol–water partition coefficient (Wildman–Crippen LogP) is 4.20. The molecule has 4 heteroatoms. The number of hydrogen-bond acceptors (Lipinski definition) is 4. The van der Waals surface area contributed by atoms with Crippen molar-refractivity contribution in [1.29, 1.82) is 0 Å². The van der Waals surface area contributed by atoms with Gasteiger partial charge in [0.2, 0.25) is 5.89 Å². The molecule has 0 saturated carbocycles. The summed E-state index contributed by atoms with van der Waals surface area (Å²) in [5, 5.41) is 8.69. The van der Waals surface area contributed by atoms with Crippen molar-refractivity contribution in [2.75, 3.05) is 0 Å². The minimum absolute atomic E-state index is 0.554. The second-order valence-electron chi connectivity index (χ2n) is 4.15. The maximum atomic E-state index is 5.65. The van der Waals surface area contributed by atoms with Crippen molar-refractivity contribution >= 4 is 11.8 Å². The van der Waals surface area contributed by atoms with Crippen LogP contribution in [0, 0.1) is 6.92 Å². The number of benzene rings is 2. The molecule has 0 aliphatic heterocycles. The average molecular weight is 268 g/mol. The van der Waals surface area contributed by atoms with Crippen LogP contribution in [0.5, 0.6) is 0 Å². The Hall–Kier alpha value is -2.07. The van der Waals surface area contributed by atoms with Gasteiger partial charge in [-0.25, -0.2) is 0 Å². The van der Waals surface area contributed by atoms with Gasteiger partial charge >= 0.3 is 0 Å². The summed E-state index contributed by atoms with van der Waals surface area (Å²) >= 11 is 1.47. The summed E-state index contributed by atoms with van der Waals surface area (Å²) in [6.07, 6.45) is 0. The van der Waals surface area contributed by atoms with Crippen LogP contribution >= 0.6 is 11.8 Å². The zero-order valence-corrected chi connectivity index (χ0v) is 11.2. The van der Waals surface area contributed by atoms with E-state index in [-0.39, 0.29) is 0 Å². The molecule has 94 valence electrons. The number of rotatable bonds is 3. The quantitative estimate of drug-likeness (QED) is 0.713. The Labute approximate surface area is 115 Å². The van der Waals surface area contributed by atoms with Gasteiger partial charge in [-0.2, -0.15) is 0 Å². The van der Waals surface area contributed by atoms with Gasteiger partial charge < -0.3 is 4.42 Å². The van der Waals surface area contributed by atoms with Crippen molar-refractivity contribution in [2.45, 2.75) is 17.0 Å². The lowest BCUT2D eigenvalue weighted by Crippen LogP contribution is -1.77. The molecule has 0 amide bonds. The highest BCUT2D eigenvalue weighted by Gasteiger charge is 2.09. The van der Waals surface area contributed by atoms with Crippen LogP contribution < -0.4 is 0 Å². The molecular weight excluding hydrogens is 256 g/mol. The maximum Gasteiger partial charge on any atom is 0.281 e. The van der Waals surface area contributed by atoms with Crippen molar-refractivity contribution in [2.24, 2.45) is 0 Å². The lowest BCUT2D eigenvalue weighted by molar-refractivity contribution is 0.466. The molecule has 0 saturated heterocycles. The van der Waals surface area contributed by atoms with Crippen LogP contribution in [0.3, 0.4) is 0 Å². The Morgan fingerprint density at radius 1 is 0.895 bits per heavy atom. The molecule has 0 spiro atoms. The molecule has 1 aromatic heterocycles. The van der Waals surface area contributed by atoms with E-state index in [2.05, 4.69) is 10.2 Å². The fraction of sp³-hybridized carbons (Fsp3) is 0.0667. The topological polar surface area (TPSA) is 38.9 Å². The summed E-state index contributed by atoms with van der Waals surface area (Å²) in [5.74, 6) is 0.554. The summed E-state index contributed by atoms with van der Waals surface area (Å²) in [6.45, 7) is 2.05. The van der Waals surface area contributed by atoms with Crippen LogP contribution in [0.2, 0.25) is 0 Å². The van der Waals surface area contributed by atoms with E-state index in [1.807, 2.05) is 61.5 Å². The Balaban J connectivity index is 1.82. The van der Waals surface area contributed by atoms with E-state index in [0.29, 0.717) is 11.1 Å². The Bertz CT molecular complexity index is 662. The van der Waals surface area contributed by atoms with Crippen LogP contribution in [-0.2, 0) is 0 Å². The monoisotopic (exact) mass is 268 g/mol. The first kappa shape index (κ1) is 12.0.